The van der Waals surface area contributed by atoms with E-state index in [1.54, 1.807) is 0 Å². The minimum Gasteiger partial charge on any atom is -0.343 e. The lowest BCUT2D eigenvalue weighted by atomic mass is 9.67. The van der Waals surface area contributed by atoms with E-state index in [1.807, 2.05) is 0 Å². The molecule has 0 N–H and O–H groups in total. The molecule has 0 bridgehead atoms. The molecule has 0 aromatic heterocycles. The highest BCUT2D eigenvalue weighted by atomic mass is 16.2. The molecule has 3 heteroatoms. The smallest absolute Gasteiger partial charge is 0.225 e. The minimum atomic E-state index is 0.192. The van der Waals surface area contributed by atoms with Gasteiger partial charge in [-0.25, -0.2) is 0 Å². The third-order valence-corrected chi connectivity index (χ3v) is 8.68. The summed E-state index contributed by atoms with van der Waals surface area (Å²) in [6.07, 6.45) is 18.5. The van der Waals surface area contributed by atoms with Gasteiger partial charge in [0.15, 0.2) is 0 Å². The summed E-state index contributed by atoms with van der Waals surface area (Å²) < 4.78 is 0. The molecule has 0 aliphatic heterocycles. The molecule has 0 spiro atoms. The molecule has 3 fully saturated rings. The summed E-state index contributed by atoms with van der Waals surface area (Å²) in [4.78, 5) is 27.9. The summed E-state index contributed by atoms with van der Waals surface area (Å²) in [5.41, 5.74) is 0.192. The lowest BCUT2D eigenvalue weighted by molar-refractivity contribution is -0.138. The quantitative estimate of drug-likeness (QED) is 0.484. The van der Waals surface area contributed by atoms with Gasteiger partial charge in [0.2, 0.25) is 5.91 Å². The van der Waals surface area contributed by atoms with Crippen LogP contribution in [0.25, 0.3) is 0 Å². The largest absolute Gasteiger partial charge is 0.343 e. The zero-order chi connectivity index (χ0) is 20.9. The summed E-state index contributed by atoms with van der Waals surface area (Å²) in [5, 5.41) is 0. The van der Waals surface area contributed by atoms with E-state index in [-0.39, 0.29) is 11.3 Å². The molecule has 0 aromatic carbocycles. The number of amides is 1. The molecule has 3 nitrogen and oxygen atoms in total. The van der Waals surface area contributed by atoms with Crippen molar-refractivity contribution < 1.29 is 9.59 Å². The molecule has 0 heterocycles. The van der Waals surface area contributed by atoms with E-state index in [2.05, 4.69) is 25.8 Å². The maximum Gasteiger partial charge on any atom is 0.225 e. The van der Waals surface area contributed by atoms with Gasteiger partial charge in [0.25, 0.3) is 0 Å². The third-order valence-electron chi connectivity index (χ3n) is 8.68. The number of Topliss-reactive ketones (excluding diaryl/α,β-unsaturated/α-hetero) is 1. The normalized spacial score (nSPS) is 27.6. The van der Waals surface area contributed by atoms with Gasteiger partial charge < -0.3 is 4.90 Å². The lowest BCUT2D eigenvalue weighted by Crippen LogP contribution is -2.45. The van der Waals surface area contributed by atoms with E-state index in [4.69, 9.17) is 0 Å². The van der Waals surface area contributed by atoms with E-state index in [9.17, 15) is 9.59 Å². The van der Waals surface area contributed by atoms with Crippen molar-refractivity contribution in [2.75, 3.05) is 7.05 Å². The third kappa shape index (κ3) is 6.07. The van der Waals surface area contributed by atoms with Gasteiger partial charge in [-0.1, -0.05) is 58.8 Å². The van der Waals surface area contributed by atoms with Crippen LogP contribution in [0.2, 0.25) is 0 Å². The Morgan fingerprint density at radius 1 is 0.793 bits per heavy atom. The summed E-state index contributed by atoms with van der Waals surface area (Å²) in [5.74, 6) is 2.17. The second kappa shape index (κ2) is 10.4. The summed E-state index contributed by atoms with van der Waals surface area (Å²) in [6.45, 7) is 4.74. The van der Waals surface area contributed by atoms with Crippen LogP contribution in [0, 0.1) is 23.2 Å². The Morgan fingerprint density at radius 3 is 2.00 bits per heavy atom. The average molecular weight is 404 g/mol. The van der Waals surface area contributed by atoms with Crippen LogP contribution < -0.4 is 0 Å². The van der Waals surface area contributed by atoms with E-state index in [0.717, 1.165) is 51.4 Å². The summed E-state index contributed by atoms with van der Waals surface area (Å²) in [7, 11) is 2.06. The van der Waals surface area contributed by atoms with E-state index in [1.165, 1.54) is 51.4 Å². The molecule has 166 valence electrons. The first-order chi connectivity index (χ1) is 13.9. The number of hydrogen-bond acceptors (Lipinski definition) is 2. The fourth-order valence-corrected chi connectivity index (χ4v) is 6.32. The standard InChI is InChI=1S/C26H45NO2/c1-26(2,18-17-24(28)20-11-6-4-7-12-20)22-15-10-16-23(19-22)27(3)25(29)21-13-8-5-9-14-21/h20-23H,4-19H2,1-3H3. The Hall–Kier alpha value is -0.860. The van der Waals surface area contributed by atoms with Crippen LogP contribution >= 0.6 is 0 Å². The van der Waals surface area contributed by atoms with E-state index >= 15 is 0 Å². The van der Waals surface area contributed by atoms with E-state index < -0.39 is 0 Å². The van der Waals surface area contributed by atoms with Crippen molar-refractivity contribution in [3.05, 3.63) is 0 Å². The van der Waals surface area contributed by atoms with Crippen LogP contribution in [0.4, 0.5) is 0 Å². The van der Waals surface area contributed by atoms with Crippen molar-refractivity contribution in [3.63, 3.8) is 0 Å². The van der Waals surface area contributed by atoms with Crippen LogP contribution in [0.3, 0.4) is 0 Å². The number of rotatable bonds is 7. The molecular formula is C26H45NO2. The molecule has 3 aliphatic rings. The molecule has 3 saturated carbocycles. The van der Waals surface area contributed by atoms with Crippen molar-refractivity contribution >= 4 is 11.7 Å². The first kappa shape index (κ1) is 22.8. The molecule has 1 amide bonds. The van der Waals surface area contributed by atoms with Crippen molar-refractivity contribution in [1.29, 1.82) is 0 Å². The van der Waals surface area contributed by atoms with Crippen molar-refractivity contribution in [1.82, 2.24) is 4.90 Å². The second-order valence-corrected chi connectivity index (χ2v) is 11.1. The molecular weight excluding hydrogens is 358 g/mol. The number of hydrogen-bond donors (Lipinski definition) is 0. The highest BCUT2D eigenvalue weighted by Crippen LogP contribution is 2.43. The Kier molecular flexibility index (Phi) is 8.22. The predicted molar refractivity (Wildman–Crippen MR) is 120 cm³/mol. The zero-order valence-electron chi connectivity index (χ0n) is 19.4. The predicted octanol–water partition coefficient (Wildman–Crippen LogP) is 6.54. The van der Waals surface area contributed by atoms with Crippen LogP contribution in [0.15, 0.2) is 0 Å². The lowest BCUT2D eigenvalue weighted by Gasteiger charge is -2.43. The Bertz CT molecular complexity index is 543. The molecule has 0 aromatic rings. The minimum absolute atomic E-state index is 0.192. The fraction of sp³-hybridized carbons (Fsp3) is 0.923. The van der Waals surface area contributed by atoms with Gasteiger partial charge in [-0.15, -0.1) is 0 Å². The van der Waals surface area contributed by atoms with Gasteiger partial charge in [-0.05, 0) is 62.7 Å². The first-order valence-electron chi connectivity index (χ1n) is 12.7. The second-order valence-electron chi connectivity index (χ2n) is 11.1. The highest BCUT2D eigenvalue weighted by Gasteiger charge is 2.37. The van der Waals surface area contributed by atoms with E-state index in [0.29, 0.717) is 29.6 Å². The Balaban J connectivity index is 1.51. The van der Waals surface area contributed by atoms with Gasteiger partial charge >= 0.3 is 0 Å². The molecule has 29 heavy (non-hydrogen) atoms. The highest BCUT2D eigenvalue weighted by molar-refractivity contribution is 5.81. The van der Waals surface area contributed by atoms with Gasteiger partial charge in [-0.3, -0.25) is 9.59 Å². The first-order valence-corrected chi connectivity index (χ1v) is 12.7. The number of carbonyl (C=O) groups is 2. The molecule has 3 rings (SSSR count). The number of carbonyl (C=O) groups excluding carboxylic acids is 2. The maximum absolute atomic E-state index is 13.0. The summed E-state index contributed by atoms with van der Waals surface area (Å²) >= 11 is 0. The fourth-order valence-electron chi connectivity index (χ4n) is 6.32. The maximum atomic E-state index is 13.0. The summed E-state index contributed by atoms with van der Waals surface area (Å²) in [6, 6.07) is 0.400. The van der Waals surface area contributed by atoms with Crippen LogP contribution in [-0.2, 0) is 9.59 Å². The number of nitrogens with zero attached hydrogens (tertiary/aromatic N) is 1. The van der Waals surface area contributed by atoms with Crippen molar-refractivity contribution in [2.45, 2.75) is 123 Å². The molecule has 2 unspecified atom stereocenters. The van der Waals surface area contributed by atoms with Gasteiger partial charge in [-0.2, -0.15) is 0 Å². The zero-order valence-corrected chi connectivity index (χ0v) is 19.4. The van der Waals surface area contributed by atoms with Crippen molar-refractivity contribution in [2.24, 2.45) is 23.2 Å². The molecule has 0 radical (unpaired) electrons. The Morgan fingerprint density at radius 2 is 1.38 bits per heavy atom. The average Bonchev–Trinajstić information content (AvgIpc) is 2.77. The monoisotopic (exact) mass is 403 g/mol. The number of ketones is 1. The van der Waals surface area contributed by atoms with Crippen LogP contribution in [-0.4, -0.2) is 29.7 Å². The van der Waals surface area contributed by atoms with Gasteiger partial charge in [0, 0.05) is 31.3 Å². The van der Waals surface area contributed by atoms with Crippen LogP contribution in [0.5, 0.6) is 0 Å². The van der Waals surface area contributed by atoms with Crippen LogP contribution in [0.1, 0.15) is 117 Å². The van der Waals surface area contributed by atoms with Gasteiger partial charge in [0.1, 0.15) is 5.78 Å². The molecule has 2 atom stereocenters. The molecule has 3 aliphatic carbocycles. The Labute approximate surface area is 179 Å². The topological polar surface area (TPSA) is 37.4 Å². The van der Waals surface area contributed by atoms with Crippen molar-refractivity contribution in [3.8, 4) is 0 Å². The SMILES string of the molecule is CN(C(=O)C1CCCCC1)C1CCCC(C(C)(C)CCC(=O)C2CCCCC2)C1. The molecule has 0 saturated heterocycles. The van der Waals surface area contributed by atoms with Gasteiger partial charge in [0.05, 0.1) is 0 Å².